The number of carbonyl (C=O) groups excluding carboxylic acids is 1. The monoisotopic (exact) mass is 316 g/mol. The van der Waals surface area contributed by atoms with Crippen molar-refractivity contribution < 1.29 is 14.3 Å². The quantitative estimate of drug-likeness (QED) is 0.304. The standard InChI is InChI=1S/C20H28O3/c1-4-5-6-7-16-12-18(22-3)14-19(13-16)23-20(21)17-10-8-15(2)9-11-17/h8,12-14,17H,4-7,9-11H2,1-3H3. The van der Waals surface area contributed by atoms with Crippen LogP contribution in [0.1, 0.15) is 57.9 Å². The van der Waals surface area contributed by atoms with Crippen molar-refractivity contribution in [3.8, 4) is 11.5 Å². The Hall–Kier alpha value is -1.77. The molecule has 0 saturated carbocycles. The number of hydrogen-bond acceptors (Lipinski definition) is 3. The van der Waals surface area contributed by atoms with Crippen molar-refractivity contribution in [1.29, 1.82) is 0 Å². The summed E-state index contributed by atoms with van der Waals surface area (Å²) in [4.78, 5) is 12.4. The number of ether oxygens (including phenoxy) is 2. The maximum atomic E-state index is 12.4. The zero-order valence-electron chi connectivity index (χ0n) is 14.6. The second-order valence-corrected chi connectivity index (χ2v) is 6.42. The smallest absolute Gasteiger partial charge is 0.314 e. The van der Waals surface area contributed by atoms with Crippen LogP contribution in [-0.2, 0) is 11.2 Å². The molecule has 1 aromatic rings. The fraction of sp³-hybridized carbons (Fsp3) is 0.550. The zero-order chi connectivity index (χ0) is 16.7. The van der Waals surface area contributed by atoms with E-state index in [4.69, 9.17) is 9.47 Å². The number of unbranched alkanes of at least 4 members (excludes halogenated alkanes) is 2. The summed E-state index contributed by atoms with van der Waals surface area (Å²) in [7, 11) is 1.64. The van der Waals surface area contributed by atoms with Crippen LogP contribution < -0.4 is 9.47 Å². The van der Waals surface area contributed by atoms with Crippen molar-refractivity contribution in [2.45, 2.75) is 58.8 Å². The Kier molecular flexibility index (Phi) is 6.69. The fourth-order valence-corrected chi connectivity index (χ4v) is 2.91. The molecule has 0 radical (unpaired) electrons. The number of esters is 1. The van der Waals surface area contributed by atoms with Gasteiger partial charge in [-0.2, -0.15) is 0 Å². The summed E-state index contributed by atoms with van der Waals surface area (Å²) in [5.41, 5.74) is 2.54. The van der Waals surface area contributed by atoms with Crippen LogP contribution in [0, 0.1) is 5.92 Å². The number of aryl methyl sites for hydroxylation is 1. The van der Waals surface area contributed by atoms with Gasteiger partial charge in [0.1, 0.15) is 11.5 Å². The first-order chi connectivity index (χ1) is 11.1. The highest BCUT2D eigenvalue weighted by Gasteiger charge is 2.22. The lowest BCUT2D eigenvalue weighted by Gasteiger charge is -2.19. The lowest BCUT2D eigenvalue weighted by Crippen LogP contribution is -2.22. The highest BCUT2D eigenvalue weighted by Crippen LogP contribution is 2.28. The third-order valence-corrected chi connectivity index (χ3v) is 4.43. The van der Waals surface area contributed by atoms with E-state index in [1.54, 1.807) is 13.2 Å². The molecule has 1 atom stereocenters. The normalized spacial score (nSPS) is 17.5. The molecule has 23 heavy (non-hydrogen) atoms. The molecule has 0 fully saturated rings. The van der Waals surface area contributed by atoms with Crippen molar-refractivity contribution in [3.05, 3.63) is 35.4 Å². The molecule has 0 aromatic heterocycles. The van der Waals surface area contributed by atoms with Crippen LogP contribution >= 0.6 is 0 Å². The topological polar surface area (TPSA) is 35.5 Å². The van der Waals surface area contributed by atoms with Crippen molar-refractivity contribution >= 4 is 5.97 Å². The van der Waals surface area contributed by atoms with Crippen LogP contribution in [0.5, 0.6) is 11.5 Å². The van der Waals surface area contributed by atoms with E-state index in [1.807, 2.05) is 12.1 Å². The van der Waals surface area contributed by atoms with Crippen LogP contribution in [0.3, 0.4) is 0 Å². The van der Waals surface area contributed by atoms with Crippen LogP contribution in [0.15, 0.2) is 29.8 Å². The van der Waals surface area contributed by atoms with E-state index in [-0.39, 0.29) is 11.9 Å². The number of allylic oxidation sites excluding steroid dienone is 2. The van der Waals surface area contributed by atoms with Gasteiger partial charge in [0.05, 0.1) is 13.0 Å². The molecule has 126 valence electrons. The van der Waals surface area contributed by atoms with Gasteiger partial charge in [0.15, 0.2) is 0 Å². The molecule has 1 aliphatic rings. The minimum absolute atomic E-state index is 0.0200. The number of rotatable bonds is 7. The summed E-state index contributed by atoms with van der Waals surface area (Å²) in [6.45, 7) is 4.31. The summed E-state index contributed by atoms with van der Waals surface area (Å²) in [5, 5.41) is 0. The van der Waals surface area contributed by atoms with E-state index in [9.17, 15) is 4.79 Å². The van der Waals surface area contributed by atoms with Crippen molar-refractivity contribution in [2.75, 3.05) is 7.11 Å². The lowest BCUT2D eigenvalue weighted by molar-refractivity contribution is -0.139. The third kappa shape index (κ3) is 5.42. The van der Waals surface area contributed by atoms with E-state index in [1.165, 1.54) is 24.0 Å². The largest absolute Gasteiger partial charge is 0.497 e. The van der Waals surface area contributed by atoms with E-state index < -0.39 is 0 Å². The highest BCUT2D eigenvalue weighted by atomic mass is 16.5. The Balaban J connectivity index is 2.03. The molecule has 1 unspecified atom stereocenters. The van der Waals surface area contributed by atoms with Gasteiger partial charge in [0.25, 0.3) is 0 Å². The van der Waals surface area contributed by atoms with Gasteiger partial charge in [0.2, 0.25) is 0 Å². The predicted molar refractivity (Wildman–Crippen MR) is 93.0 cm³/mol. The van der Waals surface area contributed by atoms with Gasteiger partial charge >= 0.3 is 5.97 Å². The number of carbonyl (C=O) groups is 1. The maximum absolute atomic E-state index is 12.4. The van der Waals surface area contributed by atoms with Crippen molar-refractivity contribution in [2.24, 2.45) is 5.92 Å². The van der Waals surface area contributed by atoms with Crippen molar-refractivity contribution in [3.63, 3.8) is 0 Å². The van der Waals surface area contributed by atoms with Crippen LogP contribution in [0.25, 0.3) is 0 Å². The second kappa shape index (κ2) is 8.76. The SMILES string of the molecule is CCCCCc1cc(OC)cc(OC(=O)C2CC=C(C)CC2)c1. The zero-order valence-corrected chi connectivity index (χ0v) is 14.6. The molecule has 0 saturated heterocycles. The van der Waals surface area contributed by atoms with E-state index in [2.05, 4.69) is 19.9 Å². The Morgan fingerprint density at radius 2 is 2.00 bits per heavy atom. The first-order valence-electron chi connectivity index (χ1n) is 8.67. The summed E-state index contributed by atoms with van der Waals surface area (Å²) in [6.07, 6.45) is 9.34. The van der Waals surface area contributed by atoms with Gasteiger partial charge < -0.3 is 9.47 Å². The maximum Gasteiger partial charge on any atom is 0.314 e. The van der Waals surface area contributed by atoms with Crippen LogP contribution in [-0.4, -0.2) is 13.1 Å². The molecule has 3 heteroatoms. The molecule has 1 aliphatic carbocycles. The third-order valence-electron chi connectivity index (χ3n) is 4.43. The first-order valence-corrected chi connectivity index (χ1v) is 8.67. The molecule has 0 heterocycles. The molecule has 0 N–H and O–H groups in total. The molecular weight excluding hydrogens is 288 g/mol. The average Bonchev–Trinajstić information content (AvgIpc) is 2.55. The van der Waals surface area contributed by atoms with E-state index in [0.29, 0.717) is 5.75 Å². The Morgan fingerprint density at radius 1 is 1.22 bits per heavy atom. The van der Waals surface area contributed by atoms with Gasteiger partial charge in [0, 0.05) is 6.07 Å². The molecule has 1 aromatic carbocycles. The van der Waals surface area contributed by atoms with Crippen molar-refractivity contribution in [1.82, 2.24) is 0 Å². The minimum Gasteiger partial charge on any atom is -0.497 e. The van der Waals surface area contributed by atoms with Gasteiger partial charge in [-0.3, -0.25) is 4.79 Å². The predicted octanol–water partition coefficient (Wildman–Crippen LogP) is 5.08. The second-order valence-electron chi connectivity index (χ2n) is 6.42. The molecular formula is C20H28O3. The minimum atomic E-state index is -0.124. The first kappa shape index (κ1) is 17.6. The Bertz CT molecular complexity index is 560. The summed E-state index contributed by atoms with van der Waals surface area (Å²) in [6, 6.07) is 5.80. The molecule has 0 bridgehead atoms. The highest BCUT2D eigenvalue weighted by molar-refractivity contribution is 5.75. The van der Waals surface area contributed by atoms with Crippen LogP contribution in [0.2, 0.25) is 0 Å². The number of benzene rings is 1. The van der Waals surface area contributed by atoms with Crippen LogP contribution in [0.4, 0.5) is 0 Å². The fourth-order valence-electron chi connectivity index (χ4n) is 2.91. The Labute approximate surface area is 139 Å². The average molecular weight is 316 g/mol. The molecule has 3 nitrogen and oxygen atoms in total. The lowest BCUT2D eigenvalue weighted by atomic mass is 9.90. The molecule has 0 aliphatic heterocycles. The molecule has 0 amide bonds. The summed E-state index contributed by atoms with van der Waals surface area (Å²) in [5.74, 6) is 1.21. The number of hydrogen-bond donors (Lipinski definition) is 0. The van der Waals surface area contributed by atoms with Gasteiger partial charge in [-0.15, -0.1) is 0 Å². The molecule has 0 spiro atoms. The van der Waals surface area contributed by atoms with E-state index in [0.717, 1.165) is 37.9 Å². The summed E-state index contributed by atoms with van der Waals surface area (Å²) >= 11 is 0. The molecule has 2 rings (SSSR count). The van der Waals surface area contributed by atoms with E-state index >= 15 is 0 Å². The Morgan fingerprint density at radius 3 is 2.65 bits per heavy atom. The van der Waals surface area contributed by atoms with Gasteiger partial charge in [-0.25, -0.2) is 0 Å². The van der Waals surface area contributed by atoms with Gasteiger partial charge in [-0.05, 0) is 56.7 Å². The number of methoxy groups -OCH3 is 1. The van der Waals surface area contributed by atoms with Gasteiger partial charge in [-0.1, -0.05) is 31.4 Å². The summed E-state index contributed by atoms with van der Waals surface area (Å²) < 4.78 is 11.0.